The molecule has 7 nitrogen and oxygen atoms in total. The third kappa shape index (κ3) is 5.23. The molecule has 0 aliphatic carbocycles. The number of carbonyl (C=O) groups is 3. The number of hydrogen-bond acceptors (Lipinski definition) is 5. The maximum Gasteiger partial charge on any atom is 0.335 e. The highest BCUT2D eigenvalue weighted by Gasteiger charge is 2.36. The van der Waals surface area contributed by atoms with E-state index in [1.807, 2.05) is 24.3 Å². The van der Waals surface area contributed by atoms with Gasteiger partial charge in [0.1, 0.15) is 23.7 Å². The Morgan fingerprint density at radius 3 is 2.15 bits per heavy atom. The van der Waals surface area contributed by atoms with Crippen LogP contribution < -0.4 is 19.7 Å². The van der Waals surface area contributed by atoms with E-state index in [0.29, 0.717) is 29.4 Å². The van der Waals surface area contributed by atoms with Crippen LogP contribution in [0.3, 0.4) is 0 Å². The van der Waals surface area contributed by atoms with Gasteiger partial charge in [0.05, 0.1) is 12.8 Å². The highest BCUT2D eigenvalue weighted by molar-refractivity contribution is 14.1. The second-order valence-electron chi connectivity index (χ2n) is 7.14. The second-order valence-corrected chi connectivity index (χ2v) is 8.39. The van der Waals surface area contributed by atoms with Crippen LogP contribution in [0.4, 0.5) is 10.5 Å². The van der Waals surface area contributed by atoms with Crippen molar-refractivity contribution in [2.45, 2.75) is 6.61 Å². The molecule has 3 aromatic carbocycles. The molecule has 3 aromatic rings. The summed E-state index contributed by atoms with van der Waals surface area (Å²) in [5, 5.41) is 2.21. The molecular formula is C25H19IN2O5. The molecule has 1 aliphatic heterocycles. The third-order valence-corrected chi connectivity index (χ3v) is 5.66. The minimum Gasteiger partial charge on any atom is -0.497 e. The van der Waals surface area contributed by atoms with Gasteiger partial charge >= 0.3 is 6.03 Å². The van der Waals surface area contributed by atoms with Crippen molar-refractivity contribution in [1.29, 1.82) is 0 Å². The lowest BCUT2D eigenvalue weighted by atomic mass is 10.1. The van der Waals surface area contributed by atoms with E-state index in [1.54, 1.807) is 48.5 Å². The standard InChI is InChI=1S/C25H19IN2O5/c1-32-20-12-8-19(9-13-20)28-24(30)22(23(29)27-25(28)31)14-16-4-10-21(11-5-16)33-15-17-2-6-18(26)7-3-17/h2-14H,15H2,1H3,(H,27,29,31)/b22-14+. The lowest BCUT2D eigenvalue weighted by molar-refractivity contribution is -0.122. The largest absolute Gasteiger partial charge is 0.497 e. The van der Waals surface area contributed by atoms with Gasteiger partial charge in [-0.15, -0.1) is 0 Å². The summed E-state index contributed by atoms with van der Waals surface area (Å²) in [6.45, 7) is 0.428. The third-order valence-electron chi connectivity index (χ3n) is 4.94. The van der Waals surface area contributed by atoms with Gasteiger partial charge in [-0.3, -0.25) is 14.9 Å². The molecule has 0 aromatic heterocycles. The Morgan fingerprint density at radius 1 is 0.879 bits per heavy atom. The van der Waals surface area contributed by atoms with E-state index in [2.05, 4.69) is 27.9 Å². The predicted molar refractivity (Wildman–Crippen MR) is 132 cm³/mol. The van der Waals surface area contributed by atoms with Gasteiger partial charge in [-0.25, -0.2) is 9.69 Å². The van der Waals surface area contributed by atoms with Crippen molar-refractivity contribution in [2.75, 3.05) is 12.0 Å². The summed E-state index contributed by atoms with van der Waals surface area (Å²) in [7, 11) is 1.52. The van der Waals surface area contributed by atoms with Crippen molar-refractivity contribution in [3.8, 4) is 11.5 Å². The Morgan fingerprint density at radius 2 is 1.52 bits per heavy atom. The minimum absolute atomic E-state index is 0.141. The highest BCUT2D eigenvalue weighted by atomic mass is 127. The van der Waals surface area contributed by atoms with Crippen LogP contribution in [-0.4, -0.2) is 25.0 Å². The minimum atomic E-state index is -0.799. The van der Waals surface area contributed by atoms with E-state index in [9.17, 15) is 14.4 Å². The van der Waals surface area contributed by atoms with Crippen molar-refractivity contribution in [1.82, 2.24) is 5.32 Å². The van der Waals surface area contributed by atoms with Crippen LogP contribution in [0.1, 0.15) is 11.1 Å². The number of rotatable bonds is 6. The van der Waals surface area contributed by atoms with E-state index < -0.39 is 17.8 Å². The zero-order chi connectivity index (χ0) is 23.4. The molecule has 0 saturated carbocycles. The Balaban J connectivity index is 1.50. The van der Waals surface area contributed by atoms with Gasteiger partial charge in [0, 0.05) is 3.57 Å². The number of methoxy groups -OCH3 is 1. The van der Waals surface area contributed by atoms with E-state index in [4.69, 9.17) is 9.47 Å². The SMILES string of the molecule is COc1ccc(N2C(=O)NC(=O)/C(=C\c3ccc(OCc4ccc(I)cc4)cc3)C2=O)cc1. The maximum atomic E-state index is 13.0. The molecular weight excluding hydrogens is 535 g/mol. The molecule has 4 amide bonds. The number of nitrogens with zero attached hydrogens (tertiary/aromatic N) is 1. The van der Waals surface area contributed by atoms with E-state index in [1.165, 1.54) is 13.2 Å². The summed E-state index contributed by atoms with van der Waals surface area (Å²) in [5.74, 6) is -0.202. The number of ether oxygens (including phenoxy) is 2. The number of barbiturate groups is 1. The lowest BCUT2D eigenvalue weighted by Crippen LogP contribution is -2.54. The fraction of sp³-hybridized carbons (Fsp3) is 0.0800. The Hall–Kier alpha value is -3.66. The Kier molecular flexibility index (Phi) is 6.74. The molecule has 1 N–H and O–H groups in total. The van der Waals surface area contributed by atoms with Crippen molar-refractivity contribution in [3.05, 3.63) is 93.1 Å². The summed E-state index contributed by atoms with van der Waals surface area (Å²) in [5.41, 5.74) is 1.86. The molecule has 1 fully saturated rings. The van der Waals surface area contributed by atoms with Crippen LogP contribution in [0, 0.1) is 3.57 Å². The zero-order valence-electron chi connectivity index (χ0n) is 17.6. The number of amides is 4. The van der Waals surface area contributed by atoms with Crippen molar-refractivity contribution in [3.63, 3.8) is 0 Å². The number of benzene rings is 3. The van der Waals surface area contributed by atoms with Gasteiger partial charge in [-0.05, 0) is 88.3 Å². The van der Waals surface area contributed by atoms with Crippen LogP contribution in [0.25, 0.3) is 6.08 Å². The highest BCUT2D eigenvalue weighted by Crippen LogP contribution is 2.25. The number of carbonyl (C=O) groups excluding carboxylic acids is 3. The molecule has 0 bridgehead atoms. The summed E-state index contributed by atoms with van der Waals surface area (Å²) in [6, 6.07) is 20.6. The van der Waals surface area contributed by atoms with Gasteiger partial charge in [0.2, 0.25) is 0 Å². The first-order valence-electron chi connectivity index (χ1n) is 9.97. The first kappa shape index (κ1) is 22.5. The van der Waals surface area contributed by atoms with E-state index in [0.717, 1.165) is 14.0 Å². The molecule has 0 radical (unpaired) electrons. The first-order valence-corrected chi connectivity index (χ1v) is 11.1. The fourth-order valence-electron chi connectivity index (χ4n) is 3.20. The van der Waals surface area contributed by atoms with Gasteiger partial charge < -0.3 is 9.47 Å². The zero-order valence-corrected chi connectivity index (χ0v) is 19.7. The van der Waals surface area contributed by atoms with E-state index >= 15 is 0 Å². The van der Waals surface area contributed by atoms with Crippen molar-refractivity contribution in [2.24, 2.45) is 0 Å². The maximum absolute atomic E-state index is 13.0. The molecule has 4 rings (SSSR count). The van der Waals surface area contributed by atoms with Crippen LogP contribution >= 0.6 is 22.6 Å². The topological polar surface area (TPSA) is 84.9 Å². The first-order chi connectivity index (χ1) is 15.9. The summed E-state index contributed by atoms with van der Waals surface area (Å²) >= 11 is 2.25. The average Bonchev–Trinajstić information content (AvgIpc) is 2.82. The molecule has 1 heterocycles. The molecule has 33 heavy (non-hydrogen) atoms. The lowest BCUT2D eigenvalue weighted by Gasteiger charge is -2.26. The van der Waals surface area contributed by atoms with Crippen LogP contribution in [-0.2, 0) is 16.2 Å². The average molecular weight is 554 g/mol. The number of urea groups is 1. The monoisotopic (exact) mass is 554 g/mol. The predicted octanol–water partition coefficient (Wildman–Crippen LogP) is 4.55. The number of imide groups is 2. The number of halogens is 1. The quantitative estimate of drug-likeness (QED) is 0.275. The van der Waals surface area contributed by atoms with Gasteiger partial charge in [-0.2, -0.15) is 0 Å². The summed E-state index contributed by atoms with van der Waals surface area (Å²) in [6.07, 6.45) is 1.45. The number of anilines is 1. The molecule has 0 unspecified atom stereocenters. The smallest absolute Gasteiger partial charge is 0.335 e. The Labute approximate surface area is 204 Å². The number of hydrogen-bond donors (Lipinski definition) is 1. The molecule has 0 atom stereocenters. The van der Waals surface area contributed by atoms with Gasteiger partial charge in [0.15, 0.2) is 0 Å². The molecule has 8 heteroatoms. The van der Waals surface area contributed by atoms with Crippen molar-refractivity contribution >= 4 is 52.2 Å². The second kappa shape index (κ2) is 9.86. The summed E-state index contributed by atoms with van der Waals surface area (Å²) in [4.78, 5) is 38.6. The Bertz CT molecular complexity index is 1220. The molecule has 1 saturated heterocycles. The van der Waals surface area contributed by atoms with Gasteiger partial charge in [-0.1, -0.05) is 24.3 Å². The van der Waals surface area contributed by atoms with Crippen molar-refractivity contribution < 1.29 is 23.9 Å². The number of nitrogens with one attached hydrogen (secondary N) is 1. The molecule has 0 spiro atoms. The normalized spacial score (nSPS) is 14.9. The molecule has 1 aliphatic rings. The van der Waals surface area contributed by atoms with Crippen LogP contribution in [0.2, 0.25) is 0 Å². The molecule has 166 valence electrons. The van der Waals surface area contributed by atoms with E-state index in [-0.39, 0.29) is 5.57 Å². The van der Waals surface area contributed by atoms with Crippen LogP contribution in [0.15, 0.2) is 78.4 Å². The fourth-order valence-corrected chi connectivity index (χ4v) is 3.56. The summed E-state index contributed by atoms with van der Waals surface area (Å²) < 4.78 is 12.1. The van der Waals surface area contributed by atoms with Crippen LogP contribution in [0.5, 0.6) is 11.5 Å². The van der Waals surface area contributed by atoms with Gasteiger partial charge in [0.25, 0.3) is 11.8 Å².